The molecule has 0 saturated heterocycles. The molecule has 2 aromatic heterocycles. The number of aromatic nitrogens is 3. The van der Waals surface area contributed by atoms with Crippen LogP contribution in [0, 0.1) is 0 Å². The topological polar surface area (TPSA) is 73.9 Å². The van der Waals surface area contributed by atoms with Crippen LogP contribution in [0.1, 0.15) is 10.4 Å². The largest absolute Gasteiger partial charge is 0.378 e. The van der Waals surface area contributed by atoms with Gasteiger partial charge in [0.25, 0.3) is 5.91 Å². The van der Waals surface area contributed by atoms with E-state index in [1.807, 2.05) is 79.7 Å². The van der Waals surface area contributed by atoms with E-state index in [-0.39, 0.29) is 5.91 Å². The van der Waals surface area contributed by atoms with Crippen molar-refractivity contribution in [2.24, 2.45) is 0 Å². The Kier molecular flexibility index (Phi) is 4.30. The SMILES string of the molecule is CN(C)c1ccc(C(=O)Nc2ccccc2-c2nc3ncccc3[nH]2)cc1. The number of fused-ring (bicyclic) bond motifs is 1. The van der Waals surface area contributed by atoms with Gasteiger partial charge < -0.3 is 15.2 Å². The Hall–Kier alpha value is -3.67. The van der Waals surface area contributed by atoms with E-state index in [1.54, 1.807) is 6.20 Å². The van der Waals surface area contributed by atoms with Crippen LogP contribution in [0.25, 0.3) is 22.6 Å². The van der Waals surface area contributed by atoms with Crippen molar-refractivity contribution < 1.29 is 4.79 Å². The lowest BCUT2D eigenvalue weighted by Gasteiger charge is -2.13. The summed E-state index contributed by atoms with van der Waals surface area (Å²) >= 11 is 0. The molecule has 0 atom stereocenters. The van der Waals surface area contributed by atoms with Gasteiger partial charge in [0, 0.05) is 37.1 Å². The number of pyridine rings is 1. The first-order chi connectivity index (χ1) is 13.1. The van der Waals surface area contributed by atoms with Gasteiger partial charge >= 0.3 is 0 Å². The summed E-state index contributed by atoms with van der Waals surface area (Å²) in [5, 5.41) is 2.99. The van der Waals surface area contributed by atoms with Crippen LogP contribution < -0.4 is 10.2 Å². The van der Waals surface area contributed by atoms with Crippen LogP contribution in [0.2, 0.25) is 0 Å². The van der Waals surface area contributed by atoms with Crippen LogP contribution in [-0.2, 0) is 0 Å². The summed E-state index contributed by atoms with van der Waals surface area (Å²) in [6.45, 7) is 0. The minimum Gasteiger partial charge on any atom is -0.378 e. The second-order valence-electron chi connectivity index (χ2n) is 6.40. The Morgan fingerprint density at radius 3 is 2.52 bits per heavy atom. The van der Waals surface area contributed by atoms with Gasteiger partial charge in [-0.3, -0.25) is 4.79 Å². The molecule has 0 unspecified atom stereocenters. The normalized spacial score (nSPS) is 10.7. The molecule has 6 nitrogen and oxygen atoms in total. The maximum absolute atomic E-state index is 12.7. The predicted octanol–water partition coefficient (Wildman–Crippen LogP) is 3.94. The summed E-state index contributed by atoms with van der Waals surface area (Å²) in [7, 11) is 3.93. The molecule has 0 bridgehead atoms. The summed E-state index contributed by atoms with van der Waals surface area (Å²) in [5.41, 5.74) is 4.65. The van der Waals surface area contributed by atoms with Gasteiger partial charge in [-0.05, 0) is 48.5 Å². The van der Waals surface area contributed by atoms with Gasteiger partial charge in [0.1, 0.15) is 5.82 Å². The first-order valence-corrected chi connectivity index (χ1v) is 8.61. The molecule has 134 valence electrons. The van der Waals surface area contributed by atoms with Crippen LogP contribution >= 0.6 is 0 Å². The third-order valence-corrected chi connectivity index (χ3v) is 4.33. The highest BCUT2D eigenvalue weighted by atomic mass is 16.1. The minimum atomic E-state index is -0.165. The molecule has 2 aromatic carbocycles. The lowest BCUT2D eigenvalue weighted by Crippen LogP contribution is -2.13. The minimum absolute atomic E-state index is 0.165. The van der Waals surface area contributed by atoms with Crippen molar-refractivity contribution in [1.29, 1.82) is 0 Å². The number of amides is 1. The fourth-order valence-corrected chi connectivity index (χ4v) is 2.88. The molecular formula is C21H19N5O. The number of benzene rings is 2. The molecule has 2 heterocycles. The van der Waals surface area contributed by atoms with Gasteiger partial charge in [-0.15, -0.1) is 0 Å². The van der Waals surface area contributed by atoms with Gasteiger partial charge in [-0.1, -0.05) is 12.1 Å². The van der Waals surface area contributed by atoms with Crippen LogP contribution in [-0.4, -0.2) is 35.0 Å². The highest BCUT2D eigenvalue weighted by Crippen LogP contribution is 2.27. The van der Waals surface area contributed by atoms with Crippen molar-refractivity contribution in [2.75, 3.05) is 24.3 Å². The molecule has 2 N–H and O–H groups in total. The molecule has 0 fully saturated rings. The van der Waals surface area contributed by atoms with Gasteiger partial charge in [0.15, 0.2) is 5.65 Å². The molecule has 0 saturated carbocycles. The molecular weight excluding hydrogens is 338 g/mol. The molecule has 1 amide bonds. The average Bonchev–Trinajstić information content (AvgIpc) is 3.12. The second-order valence-corrected chi connectivity index (χ2v) is 6.40. The maximum atomic E-state index is 12.7. The zero-order chi connectivity index (χ0) is 18.8. The third-order valence-electron chi connectivity index (χ3n) is 4.33. The number of rotatable bonds is 4. The van der Waals surface area contributed by atoms with Crippen LogP contribution in [0.5, 0.6) is 0 Å². The number of H-pyrrole nitrogens is 1. The number of hydrogen-bond donors (Lipinski definition) is 2. The lowest BCUT2D eigenvalue weighted by atomic mass is 10.1. The Morgan fingerprint density at radius 1 is 1.00 bits per heavy atom. The van der Waals surface area contributed by atoms with E-state index < -0.39 is 0 Å². The van der Waals surface area contributed by atoms with Gasteiger partial charge in [0.05, 0.1) is 11.2 Å². The monoisotopic (exact) mass is 357 g/mol. The first-order valence-electron chi connectivity index (χ1n) is 8.61. The molecule has 4 aromatic rings. The summed E-state index contributed by atoms with van der Waals surface area (Å²) in [5.74, 6) is 0.504. The fraction of sp³-hybridized carbons (Fsp3) is 0.0952. The van der Waals surface area contributed by atoms with E-state index >= 15 is 0 Å². The van der Waals surface area contributed by atoms with E-state index in [1.165, 1.54) is 0 Å². The number of carbonyl (C=O) groups is 1. The quantitative estimate of drug-likeness (QED) is 0.580. The van der Waals surface area contributed by atoms with E-state index in [0.29, 0.717) is 22.7 Å². The number of imidazole rings is 1. The smallest absolute Gasteiger partial charge is 0.255 e. The highest BCUT2D eigenvalue weighted by Gasteiger charge is 2.13. The molecule has 6 heteroatoms. The highest BCUT2D eigenvalue weighted by molar-refractivity contribution is 6.06. The molecule has 27 heavy (non-hydrogen) atoms. The zero-order valence-electron chi connectivity index (χ0n) is 15.1. The Bertz CT molecular complexity index is 1070. The number of para-hydroxylation sites is 1. The van der Waals surface area contributed by atoms with Gasteiger partial charge in [-0.25, -0.2) is 9.97 Å². The van der Waals surface area contributed by atoms with Crippen molar-refractivity contribution >= 4 is 28.4 Å². The molecule has 0 aliphatic heterocycles. The Balaban J connectivity index is 1.64. The molecule has 0 aliphatic carbocycles. The number of nitrogens with zero attached hydrogens (tertiary/aromatic N) is 3. The summed E-state index contributed by atoms with van der Waals surface area (Å²) < 4.78 is 0. The van der Waals surface area contributed by atoms with Crippen molar-refractivity contribution in [3.8, 4) is 11.4 Å². The number of aromatic amines is 1. The molecule has 0 radical (unpaired) electrons. The number of nitrogens with one attached hydrogen (secondary N) is 2. The van der Waals surface area contributed by atoms with E-state index in [9.17, 15) is 4.79 Å². The van der Waals surface area contributed by atoms with Crippen molar-refractivity contribution in [2.45, 2.75) is 0 Å². The van der Waals surface area contributed by atoms with E-state index in [2.05, 4.69) is 20.3 Å². The summed E-state index contributed by atoms with van der Waals surface area (Å²) in [4.78, 5) is 26.7. The summed E-state index contributed by atoms with van der Waals surface area (Å²) in [6.07, 6.45) is 1.71. The van der Waals surface area contributed by atoms with Crippen LogP contribution in [0.4, 0.5) is 11.4 Å². The first kappa shape index (κ1) is 16.8. The zero-order valence-corrected chi connectivity index (χ0v) is 15.1. The predicted molar refractivity (Wildman–Crippen MR) is 108 cm³/mol. The maximum Gasteiger partial charge on any atom is 0.255 e. The van der Waals surface area contributed by atoms with Crippen LogP contribution in [0.3, 0.4) is 0 Å². The lowest BCUT2D eigenvalue weighted by molar-refractivity contribution is 0.102. The summed E-state index contributed by atoms with van der Waals surface area (Å²) in [6, 6.07) is 18.8. The average molecular weight is 357 g/mol. The van der Waals surface area contributed by atoms with Gasteiger partial charge in [-0.2, -0.15) is 0 Å². The molecule has 4 rings (SSSR count). The van der Waals surface area contributed by atoms with E-state index in [4.69, 9.17) is 0 Å². The number of carbonyl (C=O) groups excluding carboxylic acids is 1. The molecule has 0 aliphatic rings. The van der Waals surface area contributed by atoms with Crippen molar-refractivity contribution in [3.05, 3.63) is 72.4 Å². The standard InChI is InChI=1S/C21H19N5O/c1-26(2)15-11-9-14(10-12-15)21(27)24-17-7-4-3-6-16(17)19-23-18-8-5-13-22-20(18)25-19/h3-13H,1-2H3,(H,24,27)(H,22,23,25). The van der Waals surface area contributed by atoms with Crippen molar-refractivity contribution in [1.82, 2.24) is 15.0 Å². The fourth-order valence-electron chi connectivity index (χ4n) is 2.88. The Labute approximate surface area is 156 Å². The number of hydrogen-bond acceptors (Lipinski definition) is 4. The van der Waals surface area contributed by atoms with E-state index in [0.717, 1.165) is 16.8 Å². The Morgan fingerprint density at radius 2 is 1.78 bits per heavy atom. The van der Waals surface area contributed by atoms with Gasteiger partial charge in [0.2, 0.25) is 0 Å². The van der Waals surface area contributed by atoms with Crippen molar-refractivity contribution in [3.63, 3.8) is 0 Å². The third kappa shape index (κ3) is 3.37. The second kappa shape index (κ2) is 6.92. The molecule has 0 spiro atoms. The number of anilines is 2. The van der Waals surface area contributed by atoms with Crippen LogP contribution in [0.15, 0.2) is 66.9 Å².